The van der Waals surface area contributed by atoms with E-state index in [0.717, 1.165) is 45.3 Å². The third-order valence-corrected chi connectivity index (χ3v) is 9.49. The Morgan fingerprint density at radius 3 is 2.42 bits per heavy atom. The Morgan fingerprint density at radius 2 is 1.60 bits per heavy atom. The lowest BCUT2D eigenvalue weighted by Crippen LogP contribution is -2.68. The summed E-state index contributed by atoms with van der Waals surface area (Å²) in [5.74, 6) is -0.728. The van der Waals surface area contributed by atoms with Crippen molar-refractivity contribution in [1.82, 2.24) is 14.8 Å². The maximum Gasteiger partial charge on any atom is 0.335 e. The maximum absolute atomic E-state index is 14.7. The number of aryl methyl sites for hydroxylation is 1. The summed E-state index contributed by atoms with van der Waals surface area (Å²) in [6.45, 7) is 4.12. The van der Waals surface area contributed by atoms with Crippen LogP contribution in [0.4, 0.5) is 10.5 Å². The fraction of sp³-hybridized carbons (Fsp3) is 0.314. The Labute approximate surface area is 249 Å². The number of urea groups is 1. The summed E-state index contributed by atoms with van der Waals surface area (Å²) in [4.78, 5) is 58.0. The molecule has 0 unspecified atom stereocenters. The number of anilines is 1. The van der Waals surface area contributed by atoms with Crippen LogP contribution in [0.3, 0.4) is 0 Å². The van der Waals surface area contributed by atoms with Crippen LogP contribution in [0.5, 0.6) is 0 Å². The van der Waals surface area contributed by atoms with Crippen molar-refractivity contribution < 1.29 is 14.4 Å². The van der Waals surface area contributed by atoms with Gasteiger partial charge in [-0.2, -0.15) is 0 Å². The van der Waals surface area contributed by atoms with Gasteiger partial charge >= 0.3 is 6.03 Å². The lowest BCUT2D eigenvalue weighted by atomic mass is 9.75. The van der Waals surface area contributed by atoms with Crippen LogP contribution in [0, 0.1) is 11.3 Å². The molecular formula is C35H34N4O4. The molecule has 0 saturated carbocycles. The van der Waals surface area contributed by atoms with E-state index in [1.165, 1.54) is 0 Å². The largest absolute Gasteiger partial charge is 0.335 e. The van der Waals surface area contributed by atoms with Gasteiger partial charge in [0.05, 0.1) is 5.69 Å². The molecule has 3 aromatic carbocycles. The number of carbonyl (C=O) groups is 3. The molecule has 3 atom stereocenters. The second-order valence-electron chi connectivity index (χ2n) is 12.2. The topological polar surface area (TPSA) is 91.7 Å². The fourth-order valence-corrected chi connectivity index (χ4v) is 7.42. The molecule has 4 heterocycles. The summed E-state index contributed by atoms with van der Waals surface area (Å²) in [6, 6.07) is 25.9. The predicted molar refractivity (Wildman–Crippen MR) is 165 cm³/mol. The molecule has 218 valence electrons. The number of hydrogen-bond donors (Lipinski definition) is 1. The fourth-order valence-electron chi connectivity index (χ4n) is 7.42. The Hall–Kier alpha value is -4.56. The number of aromatic nitrogens is 1. The maximum atomic E-state index is 14.7. The van der Waals surface area contributed by atoms with Gasteiger partial charge in [-0.05, 0) is 65.3 Å². The van der Waals surface area contributed by atoms with E-state index in [2.05, 4.69) is 10.2 Å². The second kappa shape index (κ2) is 10.6. The molecule has 2 fully saturated rings. The van der Waals surface area contributed by atoms with E-state index < -0.39 is 23.3 Å². The Morgan fingerprint density at radius 1 is 0.837 bits per heavy atom. The first-order valence-electron chi connectivity index (χ1n) is 15.0. The number of carbonyl (C=O) groups excluding carboxylic acids is 3. The van der Waals surface area contributed by atoms with Gasteiger partial charge in [0, 0.05) is 43.9 Å². The molecule has 0 aliphatic carbocycles. The zero-order chi connectivity index (χ0) is 29.7. The Balaban J connectivity index is 1.30. The van der Waals surface area contributed by atoms with Crippen molar-refractivity contribution in [2.75, 3.05) is 24.5 Å². The van der Waals surface area contributed by atoms with Crippen LogP contribution in [-0.4, -0.2) is 46.9 Å². The number of imide groups is 2. The van der Waals surface area contributed by atoms with Crippen molar-refractivity contribution in [2.45, 2.75) is 38.6 Å². The molecule has 1 aromatic heterocycles. The lowest BCUT2D eigenvalue weighted by Gasteiger charge is -2.47. The van der Waals surface area contributed by atoms with Gasteiger partial charge in [-0.1, -0.05) is 67.6 Å². The molecular weight excluding hydrogens is 540 g/mol. The number of pyridine rings is 1. The van der Waals surface area contributed by atoms with E-state index in [1.807, 2.05) is 72.2 Å². The van der Waals surface area contributed by atoms with Gasteiger partial charge in [0.2, 0.25) is 5.91 Å². The average molecular weight is 575 g/mol. The molecule has 43 heavy (non-hydrogen) atoms. The molecule has 7 rings (SSSR count). The van der Waals surface area contributed by atoms with Crippen LogP contribution in [0.15, 0.2) is 89.7 Å². The van der Waals surface area contributed by atoms with Gasteiger partial charge in [-0.25, -0.2) is 9.69 Å². The van der Waals surface area contributed by atoms with Gasteiger partial charge in [-0.15, -0.1) is 0 Å². The standard InChI is InChI=1S/C35H34N4O4/c1-2-23-13-15-28(16-14-23)39-33(42)35(32(41)36-34(39)43,18-26-9-5-8-25-7-3-4-10-29(25)26)22-37-19-24-17-27(21-37)30-11-6-12-31(40)38(30)20-24/h3-16,24,27H,2,17-22H2,1H3,(H,36,41,43)/t24-,27+,35-/m0/s1. The summed E-state index contributed by atoms with van der Waals surface area (Å²) < 4.78 is 1.88. The smallest absolute Gasteiger partial charge is 0.312 e. The van der Waals surface area contributed by atoms with Crippen LogP contribution in [0.25, 0.3) is 10.8 Å². The van der Waals surface area contributed by atoms with E-state index in [0.29, 0.717) is 25.3 Å². The molecule has 4 aromatic rings. The first kappa shape index (κ1) is 27.3. The van der Waals surface area contributed by atoms with Crippen molar-refractivity contribution in [3.05, 3.63) is 112 Å². The third kappa shape index (κ3) is 4.66. The van der Waals surface area contributed by atoms with Gasteiger partial charge in [0.1, 0.15) is 5.41 Å². The number of hydrogen-bond acceptors (Lipinski definition) is 5. The first-order chi connectivity index (χ1) is 20.9. The highest BCUT2D eigenvalue weighted by atomic mass is 16.2. The van der Waals surface area contributed by atoms with Crippen LogP contribution in [0.1, 0.15) is 36.1 Å². The van der Waals surface area contributed by atoms with E-state index >= 15 is 0 Å². The van der Waals surface area contributed by atoms with Crippen LogP contribution in [0.2, 0.25) is 0 Å². The molecule has 3 aliphatic heterocycles. The second-order valence-corrected chi connectivity index (χ2v) is 12.2. The SMILES string of the molecule is CCc1ccc(N2C(=O)NC(=O)[C@](Cc3cccc4ccccc34)(CN3C[C@@H]4C[C@H](C3)c3cccc(=O)n3C4)C2=O)cc1. The monoisotopic (exact) mass is 574 g/mol. The van der Waals surface area contributed by atoms with Gasteiger partial charge in [0.25, 0.3) is 11.5 Å². The number of benzene rings is 3. The molecule has 8 nitrogen and oxygen atoms in total. The van der Waals surface area contributed by atoms with Crippen molar-refractivity contribution in [3.8, 4) is 0 Å². The van der Waals surface area contributed by atoms with E-state index in [1.54, 1.807) is 24.3 Å². The molecule has 2 bridgehead atoms. The Bertz CT molecular complexity index is 1810. The van der Waals surface area contributed by atoms with Crippen molar-refractivity contribution in [2.24, 2.45) is 11.3 Å². The first-order valence-corrected chi connectivity index (χ1v) is 15.0. The number of piperidine rings is 1. The summed E-state index contributed by atoms with van der Waals surface area (Å²) >= 11 is 0. The Kier molecular flexibility index (Phi) is 6.73. The molecule has 2 saturated heterocycles. The minimum Gasteiger partial charge on any atom is -0.312 e. The number of nitrogens with one attached hydrogen (secondary N) is 1. The summed E-state index contributed by atoms with van der Waals surface area (Å²) in [6.07, 6.45) is 1.94. The van der Waals surface area contributed by atoms with E-state index in [-0.39, 0.29) is 30.4 Å². The number of amides is 4. The third-order valence-electron chi connectivity index (χ3n) is 9.49. The van der Waals surface area contributed by atoms with Gasteiger partial charge < -0.3 is 9.47 Å². The highest BCUT2D eigenvalue weighted by molar-refractivity contribution is 6.30. The van der Waals surface area contributed by atoms with Crippen LogP contribution < -0.4 is 15.8 Å². The number of barbiturate groups is 1. The summed E-state index contributed by atoms with van der Waals surface area (Å²) in [5.41, 5.74) is 1.89. The van der Waals surface area contributed by atoms with Gasteiger partial charge in [-0.3, -0.25) is 19.7 Å². The predicted octanol–water partition coefficient (Wildman–Crippen LogP) is 4.50. The molecule has 0 radical (unpaired) electrons. The van der Waals surface area contributed by atoms with Crippen LogP contribution in [-0.2, 0) is 29.0 Å². The summed E-state index contributed by atoms with van der Waals surface area (Å²) in [7, 11) is 0. The number of fused-ring (bicyclic) bond motifs is 5. The van der Waals surface area contributed by atoms with Crippen molar-refractivity contribution in [3.63, 3.8) is 0 Å². The van der Waals surface area contributed by atoms with Gasteiger partial charge in [0.15, 0.2) is 0 Å². The molecule has 8 heteroatoms. The average Bonchev–Trinajstić information content (AvgIpc) is 3.01. The number of nitrogens with zero attached hydrogens (tertiary/aromatic N) is 3. The van der Waals surface area contributed by atoms with Crippen molar-refractivity contribution >= 4 is 34.3 Å². The number of rotatable bonds is 6. The summed E-state index contributed by atoms with van der Waals surface area (Å²) in [5, 5.41) is 4.57. The van der Waals surface area contributed by atoms with E-state index in [9.17, 15) is 19.2 Å². The van der Waals surface area contributed by atoms with Crippen molar-refractivity contribution in [1.29, 1.82) is 0 Å². The quantitative estimate of drug-likeness (QED) is 0.343. The number of likely N-dealkylation sites (tertiary alicyclic amines) is 1. The minimum absolute atomic E-state index is 0.0122. The van der Waals surface area contributed by atoms with E-state index in [4.69, 9.17) is 0 Å². The molecule has 0 spiro atoms. The normalized spacial score (nSPS) is 23.7. The minimum atomic E-state index is -1.54. The van der Waals surface area contributed by atoms with Crippen LogP contribution >= 0.6 is 0 Å². The zero-order valence-corrected chi connectivity index (χ0v) is 24.2. The highest BCUT2D eigenvalue weighted by Gasteiger charge is 2.56. The lowest BCUT2D eigenvalue weighted by molar-refractivity contribution is -0.144. The molecule has 1 N–H and O–H groups in total. The molecule has 3 aliphatic rings. The molecule has 4 amide bonds. The zero-order valence-electron chi connectivity index (χ0n) is 24.2. The highest BCUT2D eigenvalue weighted by Crippen LogP contribution is 2.40.